The molecule has 2 rings (SSSR count). The van der Waals surface area contributed by atoms with Crippen molar-refractivity contribution >= 4 is 50.6 Å². The molecular formula is C13H10BrClN2O2. The molecule has 0 aliphatic heterocycles. The van der Waals surface area contributed by atoms with Crippen molar-refractivity contribution in [2.45, 2.75) is 0 Å². The van der Waals surface area contributed by atoms with Gasteiger partial charge in [-0.15, -0.1) is 0 Å². The average Bonchev–Trinajstić information content (AvgIpc) is 2.36. The first-order valence-corrected chi connectivity index (χ1v) is 6.50. The number of carboxylic acid groups (broad SMARTS) is 1. The van der Waals surface area contributed by atoms with Gasteiger partial charge in [-0.25, -0.2) is 4.79 Å². The minimum atomic E-state index is -1.06. The Hall–Kier alpha value is -1.72. The Kier molecular flexibility index (Phi) is 3.97. The molecule has 0 bridgehead atoms. The predicted octanol–water partition coefficient (Wildman–Crippen LogP) is 4.13. The van der Waals surface area contributed by atoms with Crippen LogP contribution in [0.3, 0.4) is 0 Å². The van der Waals surface area contributed by atoms with Gasteiger partial charge >= 0.3 is 5.97 Å². The number of anilines is 3. The van der Waals surface area contributed by atoms with Crippen LogP contribution in [0, 0.1) is 0 Å². The summed E-state index contributed by atoms with van der Waals surface area (Å²) < 4.78 is 0.784. The topological polar surface area (TPSA) is 75.3 Å². The van der Waals surface area contributed by atoms with E-state index in [9.17, 15) is 4.79 Å². The van der Waals surface area contributed by atoms with E-state index >= 15 is 0 Å². The molecule has 0 amide bonds. The molecule has 0 saturated heterocycles. The van der Waals surface area contributed by atoms with Crippen LogP contribution in [0.25, 0.3) is 0 Å². The van der Waals surface area contributed by atoms with Gasteiger partial charge in [-0.3, -0.25) is 0 Å². The van der Waals surface area contributed by atoms with Crippen LogP contribution in [0.2, 0.25) is 5.02 Å². The van der Waals surface area contributed by atoms with Gasteiger partial charge in [0.05, 0.1) is 22.0 Å². The highest BCUT2D eigenvalue weighted by molar-refractivity contribution is 9.10. The number of hydrogen-bond donors (Lipinski definition) is 3. The number of nitrogen functional groups attached to an aromatic ring is 1. The summed E-state index contributed by atoms with van der Waals surface area (Å²) in [7, 11) is 0. The largest absolute Gasteiger partial charge is 0.478 e. The number of nitrogens with two attached hydrogens (primary N) is 1. The van der Waals surface area contributed by atoms with E-state index in [0.29, 0.717) is 10.7 Å². The summed E-state index contributed by atoms with van der Waals surface area (Å²) in [6.07, 6.45) is 0. The summed E-state index contributed by atoms with van der Waals surface area (Å²) >= 11 is 9.29. The average molecular weight is 342 g/mol. The number of carbonyl (C=O) groups is 1. The van der Waals surface area contributed by atoms with Crippen LogP contribution in [-0.4, -0.2) is 11.1 Å². The van der Waals surface area contributed by atoms with E-state index in [1.807, 2.05) is 6.07 Å². The van der Waals surface area contributed by atoms with Crippen LogP contribution in [0.1, 0.15) is 10.4 Å². The SMILES string of the molecule is Nc1c(Nc2ccc(Br)c(Cl)c2)cccc1C(=O)O. The van der Waals surface area contributed by atoms with Crippen molar-refractivity contribution in [1.82, 2.24) is 0 Å². The van der Waals surface area contributed by atoms with Crippen molar-refractivity contribution in [1.29, 1.82) is 0 Å². The minimum absolute atomic E-state index is 0.0632. The minimum Gasteiger partial charge on any atom is -0.478 e. The highest BCUT2D eigenvalue weighted by Crippen LogP contribution is 2.30. The lowest BCUT2D eigenvalue weighted by Gasteiger charge is -2.11. The summed E-state index contributed by atoms with van der Waals surface area (Å²) in [5.74, 6) is -1.06. The Morgan fingerprint density at radius 2 is 2.05 bits per heavy atom. The van der Waals surface area contributed by atoms with Gasteiger partial charge in [0.15, 0.2) is 0 Å². The lowest BCUT2D eigenvalue weighted by molar-refractivity contribution is 0.0698. The first kappa shape index (κ1) is 13.7. The molecule has 0 heterocycles. The second-order valence-electron chi connectivity index (χ2n) is 3.83. The predicted molar refractivity (Wildman–Crippen MR) is 80.2 cm³/mol. The fourth-order valence-corrected chi connectivity index (χ4v) is 2.02. The number of hydrogen-bond acceptors (Lipinski definition) is 3. The second kappa shape index (κ2) is 5.50. The van der Waals surface area contributed by atoms with E-state index in [4.69, 9.17) is 22.4 Å². The first-order valence-electron chi connectivity index (χ1n) is 5.33. The molecule has 4 nitrogen and oxygen atoms in total. The van der Waals surface area contributed by atoms with E-state index in [1.165, 1.54) is 6.07 Å². The lowest BCUT2D eigenvalue weighted by atomic mass is 10.1. The van der Waals surface area contributed by atoms with Crippen LogP contribution >= 0.6 is 27.5 Å². The third-order valence-corrected chi connectivity index (χ3v) is 3.77. The van der Waals surface area contributed by atoms with Crippen LogP contribution in [0.4, 0.5) is 17.1 Å². The van der Waals surface area contributed by atoms with Gasteiger partial charge in [0, 0.05) is 10.2 Å². The lowest BCUT2D eigenvalue weighted by Crippen LogP contribution is -2.05. The van der Waals surface area contributed by atoms with E-state index in [0.717, 1.165) is 10.2 Å². The molecule has 0 spiro atoms. The third kappa shape index (κ3) is 3.00. The maximum absolute atomic E-state index is 11.0. The maximum atomic E-state index is 11.0. The number of rotatable bonds is 3. The summed E-state index contributed by atoms with van der Waals surface area (Å²) in [6.45, 7) is 0. The number of halogens is 2. The van der Waals surface area contributed by atoms with Crippen LogP contribution < -0.4 is 11.1 Å². The molecule has 2 aromatic rings. The number of para-hydroxylation sites is 1. The molecule has 0 saturated carbocycles. The van der Waals surface area contributed by atoms with Crippen LogP contribution in [0.15, 0.2) is 40.9 Å². The van der Waals surface area contributed by atoms with Gasteiger partial charge < -0.3 is 16.2 Å². The standard InChI is InChI=1S/C13H10BrClN2O2/c14-9-5-4-7(6-10(9)15)17-11-3-1-2-8(12(11)16)13(18)19/h1-6,17H,16H2,(H,18,19). The van der Waals surface area contributed by atoms with E-state index < -0.39 is 5.97 Å². The molecule has 0 fully saturated rings. The zero-order valence-corrected chi connectivity index (χ0v) is 12.0. The molecule has 0 aliphatic rings. The smallest absolute Gasteiger partial charge is 0.337 e. The maximum Gasteiger partial charge on any atom is 0.337 e. The summed E-state index contributed by atoms with van der Waals surface area (Å²) in [5.41, 5.74) is 7.32. The zero-order valence-electron chi connectivity index (χ0n) is 9.65. The van der Waals surface area contributed by atoms with E-state index in [2.05, 4.69) is 21.2 Å². The Morgan fingerprint density at radius 3 is 2.68 bits per heavy atom. The molecular weight excluding hydrogens is 332 g/mol. The Balaban J connectivity index is 2.35. The normalized spacial score (nSPS) is 10.2. The molecule has 0 radical (unpaired) electrons. The molecule has 19 heavy (non-hydrogen) atoms. The van der Waals surface area contributed by atoms with E-state index in [1.54, 1.807) is 24.3 Å². The molecule has 98 valence electrons. The van der Waals surface area contributed by atoms with Crippen molar-refractivity contribution in [3.05, 3.63) is 51.5 Å². The van der Waals surface area contributed by atoms with Gasteiger partial charge in [0.25, 0.3) is 0 Å². The van der Waals surface area contributed by atoms with Crippen molar-refractivity contribution < 1.29 is 9.90 Å². The van der Waals surface area contributed by atoms with Crippen LogP contribution in [-0.2, 0) is 0 Å². The van der Waals surface area contributed by atoms with Gasteiger partial charge in [0.2, 0.25) is 0 Å². The first-order chi connectivity index (χ1) is 8.99. The van der Waals surface area contributed by atoms with Crippen molar-refractivity contribution in [3.63, 3.8) is 0 Å². The van der Waals surface area contributed by atoms with Gasteiger partial charge in [0.1, 0.15) is 0 Å². The van der Waals surface area contributed by atoms with Crippen molar-refractivity contribution in [3.8, 4) is 0 Å². The highest BCUT2D eigenvalue weighted by atomic mass is 79.9. The molecule has 6 heteroatoms. The quantitative estimate of drug-likeness (QED) is 0.734. The summed E-state index contributed by atoms with van der Waals surface area (Å²) in [6, 6.07) is 10.1. The summed E-state index contributed by atoms with van der Waals surface area (Å²) in [4.78, 5) is 11.0. The number of benzene rings is 2. The van der Waals surface area contributed by atoms with E-state index in [-0.39, 0.29) is 11.3 Å². The molecule has 0 aromatic heterocycles. The van der Waals surface area contributed by atoms with Gasteiger partial charge in [-0.2, -0.15) is 0 Å². The molecule has 2 aromatic carbocycles. The number of aromatic carboxylic acids is 1. The molecule has 4 N–H and O–H groups in total. The monoisotopic (exact) mass is 340 g/mol. The zero-order chi connectivity index (χ0) is 14.0. The molecule has 0 aliphatic carbocycles. The summed E-state index contributed by atoms with van der Waals surface area (Å²) in [5, 5.41) is 12.6. The third-order valence-electron chi connectivity index (χ3n) is 2.54. The Bertz CT molecular complexity index is 647. The Morgan fingerprint density at radius 1 is 1.32 bits per heavy atom. The van der Waals surface area contributed by atoms with Crippen LogP contribution in [0.5, 0.6) is 0 Å². The fourth-order valence-electron chi connectivity index (χ4n) is 1.59. The number of nitrogens with one attached hydrogen (secondary N) is 1. The highest BCUT2D eigenvalue weighted by Gasteiger charge is 2.11. The fraction of sp³-hybridized carbons (Fsp3) is 0. The van der Waals surface area contributed by atoms with Gasteiger partial charge in [-0.05, 0) is 46.3 Å². The van der Waals surface area contributed by atoms with Crippen molar-refractivity contribution in [2.75, 3.05) is 11.1 Å². The molecule has 0 atom stereocenters. The molecule has 0 unspecified atom stereocenters. The Labute approximate surface area is 123 Å². The van der Waals surface area contributed by atoms with Gasteiger partial charge in [-0.1, -0.05) is 17.7 Å². The number of carboxylic acids is 1. The second-order valence-corrected chi connectivity index (χ2v) is 5.09. The van der Waals surface area contributed by atoms with Crippen molar-refractivity contribution in [2.24, 2.45) is 0 Å².